The zero-order valence-electron chi connectivity index (χ0n) is 16.9. The van der Waals surface area contributed by atoms with Crippen molar-refractivity contribution in [3.8, 4) is 11.1 Å². The molecule has 0 bridgehead atoms. The predicted octanol–water partition coefficient (Wildman–Crippen LogP) is 5.46. The van der Waals surface area contributed by atoms with E-state index in [1.54, 1.807) is 18.2 Å². The summed E-state index contributed by atoms with van der Waals surface area (Å²) < 4.78 is 52.9. The van der Waals surface area contributed by atoms with Crippen molar-refractivity contribution >= 4 is 11.7 Å². The summed E-state index contributed by atoms with van der Waals surface area (Å²) in [6, 6.07) is 12.4. The molecule has 1 aromatic heterocycles. The van der Waals surface area contributed by atoms with Gasteiger partial charge in [-0.15, -0.1) is 0 Å². The van der Waals surface area contributed by atoms with E-state index < -0.39 is 29.1 Å². The van der Waals surface area contributed by atoms with Gasteiger partial charge in [-0.25, -0.2) is 9.37 Å². The minimum atomic E-state index is -4.48. The number of nitrogens with one attached hydrogen (secondary N) is 1. The number of rotatable bonds is 5. The van der Waals surface area contributed by atoms with Crippen molar-refractivity contribution in [1.29, 1.82) is 0 Å². The average Bonchev–Trinajstić information content (AvgIpc) is 2.72. The largest absolute Gasteiger partial charge is 0.416 e. The number of carbonyl (C=O) groups is 1. The van der Waals surface area contributed by atoms with Crippen LogP contribution in [-0.2, 0) is 23.0 Å². The minimum absolute atomic E-state index is 0.228. The lowest BCUT2D eigenvalue weighted by molar-refractivity contribution is -0.137. The van der Waals surface area contributed by atoms with E-state index in [-0.39, 0.29) is 17.8 Å². The van der Waals surface area contributed by atoms with Gasteiger partial charge in [-0.2, -0.15) is 13.2 Å². The third kappa shape index (κ3) is 4.65. The molecule has 1 saturated carbocycles. The Morgan fingerprint density at radius 2 is 1.81 bits per heavy atom. The van der Waals surface area contributed by atoms with Gasteiger partial charge in [0.1, 0.15) is 11.6 Å². The van der Waals surface area contributed by atoms with Crippen molar-refractivity contribution in [2.45, 2.75) is 37.5 Å². The van der Waals surface area contributed by atoms with Crippen LogP contribution in [0.1, 0.15) is 36.0 Å². The first-order valence-electron chi connectivity index (χ1n) is 10.1. The Morgan fingerprint density at radius 3 is 2.41 bits per heavy atom. The van der Waals surface area contributed by atoms with Gasteiger partial charge in [0.05, 0.1) is 17.6 Å². The number of carbonyl (C=O) groups excluding carboxylic acids is 1. The van der Waals surface area contributed by atoms with Crippen LogP contribution >= 0.6 is 0 Å². The van der Waals surface area contributed by atoms with E-state index in [1.807, 2.05) is 0 Å². The fraction of sp³-hybridized carbons (Fsp3) is 0.250. The first kappa shape index (κ1) is 22.0. The number of aromatic nitrogens is 1. The van der Waals surface area contributed by atoms with Crippen LogP contribution in [0.2, 0.25) is 0 Å². The van der Waals surface area contributed by atoms with Crippen LogP contribution in [0.3, 0.4) is 0 Å². The maximum atomic E-state index is 14.5. The van der Waals surface area contributed by atoms with Crippen LogP contribution < -0.4 is 5.32 Å². The van der Waals surface area contributed by atoms with E-state index in [4.69, 9.17) is 0 Å². The number of pyridine rings is 1. The molecular formula is C24H20F4N2O2. The molecule has 3 aromatic rings. The van der Waals surface area contributed by atoms with Crippen molar-refractivity contribution in [3.05, 3.63) is 83.3 Å². The van der Waals surface area contributed by atoms with Gasteiger partial charge in [0, 0.05) is 17.3 Å². The molecule has 0 atom stereocenters. The highest BCUT2D eigenvalue weighted by atomic mass is 19.4. The minimum Gasteiger partial charge on any atom is -0.385 e. The van der Waals surface area contributed by atoms with Crippen molar-refractivity contribution < 1.29 is 27.5 Å². The second-order valence-electron chi connectivity index (χ2n) is 7.93. The number of amides is 1. The molecule has 0 spiro atoms. The monoisotopic (exact) mass is 444 g/mol. The number of halogens is 4. The van der Waals surface area contributed by atoms with E-state index in [9.17, 15) is 27.5 Å². The molecule has 1 aliphatic carbocycles. The summed E-state index contributed by atoms with van der Waals surface area (Å²) in [5.74, 6) is -0.761. The summed E-state index contributed by atoms with van der Waals surface area (Å²) in [7, 11) is 0. The molecule has 1 amide bonds. The standard InChI is InChI=1S/C24H20F4N2O2/c25-20-13-16(5-7-19(20)23(32)9-2-10-23)17-6-8-21(29-14-17)30-22(31)12-15-3-1-4-18(11-15)24(26,27)28/h1,3-8,11,13-14,32H,2,9-10,12H2,(H,29,30,31). The zero-order valence-corrected chi connectivity index (χ0v) is 16.9. The molecule has 1 fully saturated rings. The Labute approximate surface area is 181 Å². The number of anilines is 1. The number of alkyl halides is 3. The highest BCUT2D eigenvalue weighted by molar-refractivity contribution is 5.91. The fourth-order valence-electron chi connectivity index (χ4n) is 3.72. The van der Waals surface area contributed by atoms with Crippen LogP contribution in [0, 0.1) is 5.82 Å². The molecule has 0 radical (unpaired) electrons. The van der Waals surface area contributed by atoms with E-state index in [0.29, 0.717) is 29.5 Å². The van der Waals surface area contributed by atoms with Gasteiger partial charge in [-0.3, -0.25) is 4.79 Å². The average molecular weight is 444 g/mol. The molecule has 32 heavy (non-hydrogen) atoms. The summed E-state index contributed by atoms with van der Waals surface area (Å²) in [5.41, 5.74) is -0.186. The maximum absolute atomic E-state index is 14.5. The van der Waals surface area contributed by atoms with Crippen LogP contribution in [0.15, 0.2) is 60.8 Å². The third-order valence-corrected chi connectivity index (χ3v) is 5.63. The highest BCUT2D eigenvalue weighted by Crippen LogP contribution is 2.42. The van der Waals surface area contributed by atoms with Crippen LogP contribution in [-0.4, -0.2) is 16.0 Å². The van der Waals surface area contributed by atoms with E-state index >= 15 is 0 Å². The summed E-state index contributed by atoms with van der Waals surface area (Å²) in [6.45, 7) is 0. The summed E-state index contributed by atoms with van der Waals surface area (Å²) in [4.78, 5) is 16.3. The summed E-state index contributed by atoms with van der Waals surface area (Å²) in [5, 5.41) is 12.9. The van der Waals surface area contributed by atoms with Crippen LogP contribution in [0.5, 0.6) is 0 Å². The van der Waals surface area contributed by atoms with Gasteiger partial charge < -0.3 is 10.4 Å². The molecule has 2 aromatic carbocycles. The Hall–Kier alpha value is -3.26. The quantitative estimate of drug-likeness (QED) is 0.514. The number of hydrogen-bond acceptors (Lipinski definition) is 3. The first-order valence-corrected chi connectivity index (χ1v) is 10.1. The van der Waals surface area contributed by atoms with Crippen molar-refractivity contribution in [2.75, 3.05) is 5.32 Å². The van der Waals surface area contributed by atoms with Gasteiger partial charge in [0.15, 0.2) is 0 Å². The van der Waals surface area contributed by atoms with Gasteiger partial charge in [0.25, 0.3) is 0 Å². The zero-order chi connectivity index (χ0) is 22.9. The molecule has 8 heteroatoms. The molecule has 0 saturated heterocycles. The molecule has 4 nitrogen and oxygen atoms in total. The summed E-state index contributed by atoms with van der Waals surface area (Å²) in [6.07, 6.45) is -1.30. The number of hydrogen-bond donors (Lipinski definition) is 2. The third-order valence-electron chi connectivity index (χ3n) is 5.63. The number of aliphatic hydroxyl groups is 1. The first-order chi connectivity index (χ1) is 15.1. The van der Waals surface area contributed by atoms with E-state index in [2.05, 4.69) is 10.3 Å². The number of benzene rings is 2. The Morgan fingerprint density at radius 1 is 1.06 bits per heavy atom. The molecule has 4 rings (SSSR count). The van der Waals surface area contributed by atoms with Crippen LogP contribution in [0.25, 0.3) is 11.1 Å². The normalized spacial score (nSPS) is 15.2. The lowest BCUT2D eigenvalue weighted by atomic mass is 9.75. The van der Waals surface area contributed by atoms with Gasteiger partial charge >= 0.3 is 6.18 Å². The van der Waals surface area contributed by atoms with Crippen molar-refractivity contribution in [2.24, 2.45) is 0 Å². The molecule has 1 aliphatic rings. The molecule has 0 unspecified atom stereocenters. The van der Waals surface area contributed by atoms with Crippen LogP contribution in [0.4, 0.5) is 23.4 Å². The second-order valence-corrected chi connectivity index (χ2v) is 7.93. The van der Waals surface area contributed by atoms with Crippen molar-refractivity contribution in [1.82, 2.24) is 4.98 Å². The van der Waals surface area contributed by atoms with Gasteiger partial charge in [-0.05, 0) is 54.7 Å². The summed E-state index contributed by atoms with van der Waals surface area (Å²) >= 11 is 0. The molecule has 1 heterocycles. The predicted molar refractivity (Wildman–Crippen MR) is 111 cm³/mol. The Bertz CT molecular complexity index is 1140. The smallest absolute Gasteiger partial charge is 0.385 e. The van der Waals surface area contributed by atoms with Gasteiger partial charge in [-0.1, -0.05) is 30.3 Å². The maximum Gasteiger partial charge on any atom is 0.416 e. The fourth-order valence-corrected chi connectivity index (χ4v) is 3.72. The van der Waals surface area contributed by atoms with Crippen molar-refractivity contribution in [3.63, 3.8) is 0 Å². The van der Waals surface area contributed by atoms with Gasteiger partial charge in [0.2, 0.25) is 5.91 Å². The Balaban J connectivity index is 1.42. The second kappa shape index (κ2) is 8.35. The number of nitrogens with zero attached hydrogens (tertiary/aromatic N) is 1. The Kier molecular flexibility index (Phi) is 5.73. The molecule has 0 aliphatic heterocycles. The topological polar surface area (TPSA) is 62.2 Å². The lowest BCUT2D eigenvalue weighted by Gasteiger charge is -2.37. The van der Waals surface area contributed by atoms with E-state index in [1.165, 1.54) is 30.5 Å². The molecule has 2 N–H and O–H groups in total. The highest BCUT2D eigenvalue weighted by Gasteiger charge is 2.38. The molecule has 166 valence electrons. The van der Waals surface area contributed by atoms with E-state index in [0.717, 1.165) is 18.6 Å². The lowest BCUT2D eigenvalue weighted by Crippen LogP contribution is -2.34. The SMILES string of the molecule is O=C(Cc1cccc(C(F)(F)F)c1)Nc1ccc(-c2ccc(C3(O)CCC3)c(F)c2)cn1. The molecular weight excluding hydrogens is 424 g/mol.